The summed E-state index contributed by atoms with van der Waals surface area (Å²) in [6.45, 7) is 1.09. The third-order valence-electron chi connectivity index (χ3n) is 4.37. The first kappa shape index (κ1) is 21.2. The van der Waals surface area contributed by atoms with Crippen molar-refractivity contribution in [2.45, 2.75) is 12.2 Å². The molecular weight excluding hydrogens is 383 g/mol. The van der Waals surface area contributed by atoms with E-state index in [-0.39, 0.29) is 18.0 Å². The van der Waals surface area contributed by atoms with Gasteiger partial charge in [-0.25, -0.2) is 0 Å². The Morgan fingerprint density at radius 1 is 1.22 bits per heavy atom. The van der Waals surface area contributed by atoms with Crippen LogP contribution in [0.25, 0.3) is 11.3 Å². The highest BCUT2D eigenvalue weighted by Crippen LogP contribution is 2.25. The number of benzene rings is 1. The summed E-state index contributed by atoms with van der Waals surface area (Å²) in [7, 11) is 0. The third kappa shape index (κ3) is 5.21. The molecule has 1 amide bonds. The van der Waals surface area contributed by atoms with Crippen molar-refractivity contribution in [3.05, 3.63) is 42.1 Å². The van der Waals surface area contributed by atoms with Crippen molar-refractivity contribution in [2.24, 2.45) is 0 Å². The van der Waals surface area contributed by atoms with E-state index >= 15 is 0 Å². The minimum atomic E-state index is -4.41. The van der Waals surface area contributed by atoms with Gasteiger partial charge in [0.1, 0.15) is 6.04 Å². The number of piperazine rings is 1. The number of amides is 1. The lowest BCUT2D eigenvalue weighted by Crippen LogP contribution is -2.57. The second-order valence-corrected chi connectivity index (χ2v) is 6.08. The van der Waals surface area contributed by atoms with Gasteiger partial charge in [-0.15, -0.1) is 12.4 Å². The Hall–Kier alpha value is -2.10. The molecule has 1 fully saturated rings. The highest BCUT2D eigenvalue weighted by atomic mass is 35.5. The second-order valence-electron chi connectivity index (χ2n) is 6.08. The van der Waals surface area contributed by atoms with E-state index in [1.807, 2.05) is 18.2 Å². The van der Waals surface area contributed by atoms with Gasteiger partial charge in [0.15, 0.2) is 0 Å². The number of carbonyl (C=O) groups excluding carboxylic acids is 1. The van der Waals surface area contributed by atoms with Gasteiger partial charge in [-0.05, 0) is 0 Å². The summed E-state index contributed by atoms with van der Waals surface area (Å²) in [5, 5.41) is 12.0. The van der Waals surface area contributed by atoms with Crippen LogP contribution in [0.5, 0.6) is 0 Å². The number of hydrogen-bond acceptors (Lipinski definition) is 4. The van der Waals surface area contributed by atoms with Gasteiger partial charge in [-0.3, -0.25) is 14.8 Å². The molecule has 2 heterocycles. The van der Waals surface area contributed by atoms with Crippen molar-refractivity contribution in [1.82, 2.24) is 25.7 Å². The highest BCUT2D eigenvalue weighted by molar-refractivity contribution is 5.99. The number of H-pyrrole nitrogens is 1. The second kappa shape index (κ2) is 9.20. The predicted octanol–water partition coefficient (Wildman–Crippen LogP) is 2.06. The molecule has 0 aliphatic carbocycles. The van der Waals surface area contributed by atoms with Gasteiger partial charge in [0.2, 0.25) is 0 Å². The van der Waals surface area contributed by atoms with Crippen LogP contribution in [0, 0.1) is 0 Å². The Morgan fingerprint density at radius 3 is 2.52 bits per heavy atom. The van der Waals surface area contributed by atoms with E-state index in [1.165, 1.54) is 11.1 Å². The van der Waals surface area contributed by atoms with Crippen LogP contribution in [0.15, 0.2) is 36.5 Å². The summed E-state index contributed by atoms with van der Waals surface area (Å²) in [6, 6.07) is 7.33. The Balaban J connectivity index is 0.00000261. The fourth-order valence-corrected chi connectivity index (χ4v) is 3.01. The van der Waals surface area contributed by atoms with Crippen molar-refractivity contribution >= 4 is 18.3 Å². The summed E-state index contributed by atoms with van der Waals surface area (Å²) < 4.78 is 40.2. The van der Waals surface area contributed by atoms with Crippen molar-refractivity contribution in [3.63, 3.8) is 0 Å². The average molecular weight is 404 g/mol. The molecule has 1 atom stereocenters. The van der Waals surface area contributed by atoms with Crippen LogP contribution in [-0.2, 0) is 0 Å². The molecule has 148 valence electrons. The first-order valence-electron chi connectivity index (χ1n) is 8.35. The molecule has 0 radical (unpaired) electrons. The van der Waals surface area contributed by atoms with E-state index in [1.54, 1.807) is 12.1 Å². The van der Waals surface area contributed by atoms with Gasteiger partial charge < -0.3 is 10.6 Å². The van der Waals surface area contributed by atoms with E-state index in [0.717, 1.165) is 5.56 Å². The molecule has 3 N–H and O–H groups in total. The summed E-state index contributed by atoms with van der Waals surface area (Å²) in [4.78, 5) is 13.8. The third-order valence-corrected chi connectivity index (χ3v) is 4.37. The normalized spacial score (nSPS) is 16.4. The lowest BCUT2D eigenvalue weighted by Gasteiger charge is -2.35. The van der Waals surface area contributed by atoms with Crippen LogP contribution in [0.3, 0.4) is 0 Å². The maximum atomic E-state index is 13.4. The number of hydrogen-bond donors (Lipinski definition) is 3. The summed E-state index contributed by atoms with van der Waals surface area (Å²) in [5.41, 5.74) is 1.44. The standard InChI is InChI=1S/C17H20F3N5O.ClH/c18-17(19,20)14(25-8-6-21-7-9-25)11-22-16(26)13-10-23-24-15(13)12-4-2-1-3-5-12;/h1-5,10,14,21H,6-9,11H2,(H,22,26)(H,23,24);1H. The number of halogens is 4. The zero-order valence-electron chi connectivity index (χ0n) is 14.4. The van der Waals surface area contributed by atoms with Gasteiger partial charge in [0.25, 0.3) is 5.91 Å². The molecule has 27 heavy (non-hydrogen) atoms. The Labute approximate surface area is 160 Å². The average Bonchev–Trinajstić information content (AvgIpc) is 3.12. The quantitative estimate of drug-likeness (QED) is 0.714. The van der Waals surface area contributed by atoms with Gasteiger partial charge in [-0.2, -0.15) is 18.3 Å². The van der Waals surface area contributed by atoms with Crippen LogP contribution in [0.1, 0.15) is 10.4 Å². The van der Waals surface area contributed by atoms with E-state index in [9.17, 15) is 18.0 Å². The van der Waals surface area contributed by atoms with Gasteiger partial charge in [-0.1, -0.05) is 30.3 Å². The first-order chi connectivity index (χ1) is 12.5. The van der Waals surface area contributed by atoms with Crippen LogP contribution in [-0.4, -0.2) is 65.9 Å². The smallest absolute Gasteiger partial charge is 0.350 e. The highest BCUT2D eigenvalue weighted by Gasteiger charge is 2.43. The van der Waals surface area contributed by atoms with E-state index in [4.69, 9.17) is 0 Å². The summed E-state index contributed by atoms with van der Waals surface area (Å²) in [6.07, 6.45) is -3.09. The summed E-state index contributed by atoms with van der Waals surface area (Å²) in [5.74, 6) is -0.581. The lowest BCUT2D eigenvalue weighted by molar-refractivity contribution is -0.183. The maximum Gasteiger partial charge on any atom is 0.405 e. The molecule has 2 aromatic rings. The number of carbonyl (C=O) groups is 1. The lowest BCUT2D eigenvalue weighted by atomic mass is 10.1. The molecule has 0 saturated carbocycles. The molecule has 0 spiro atoms. The van der Waals surface area contributed by atoms with Gasteiger partial charge >= 0.3 is 6.18 Å². The molecule has 1 aliphatic rings. The van der Waals surface area contributed by atoms with Crippen molar-refractivity contribution in [2.75, 3.05) is 32.7 Å². The summed E-state index contributed by atoms with van der Waals surface area (Å²) >= 11 is 0. The fourth-order valence-electron chi connectivity index (χ4n) is 3.01. The molecule has 3 rings (SSSR count). The SMILES string of the molecule is Cl.O=C(NCC(N1CCNCC1)C(F)(F)F)c1cn[nH]c1-c1ccccc1. The predicted molar refractivity (Wildman–Crippen MR) is 97.9 cm³/mol. The number of aromatic nitrogens is 2. The number of nitrogens with one attached hydrogen (secondary N) is 3. The van der Waals surface area contributed by atoms with Crippen molar-refractivity contribution in [1.29, 1.82) is 0 Å². The van der Waals surface area contributed by atoms with E-state index in [0.29, 0.717) is 31.9 Å². The van der Waals surface area contributed by atoms with Crippen molar-refractivity contribution < 1.29 is 18.0 Å². The minimum Gasteiger partial charge on any atom is -0.350 e. The molecule has 10 heteroatoms. The Morgan fingerprint density at radius 2 is 1.89 bits per heavy atom. The van der Waals surface area contributed by atoms with Crippen LogP contribution < -0.4 is 10.6 Å². The van der Waals surface area contributed by atoms with Gasteiger partial charge in [0.05, 0.1) is 17.5 Å². The zero-order valence-corrected chi connectivity index (χ0v) is 15.2. The van der Waals surface area contributed by atoms with Crippen LogP contribution >= 0.6 is 12.4 Å². The monoisotopic (exact) mass is 403 g/mol. The minimum absolute atomic E-state index is 0. The number of alkyl halides is 3. The molecule has 1 unspecified atom stereocenters. The number of aromatic amines is 1. The topological polar surface area (TPSA) is 73.1 Å². The molecule has 1 saturated heterocycles. The zero-order chi connectivity index (χ0) is 18.6. The van der Waals surface area contributed by atoms with Crippen LogP contribution in [0.4, 0.5) is 13.2 Å². The molecule has 1 aromatic carbocycles. The number of rotatable bonds is 5. The van der Waals surface area contributed by atoms with Crippen molar-refractivity contribution in [3.8, 4) is 11.3 Å². The largest absolute Gasteiger partial charge is 0.405 e. The molecule has 0 bridgehead atoms. The molecule has 1 aliphatic heterocycles. The van der Waals surface area contributed by atoms with Crippen LogP contribution in [0.2, 0.25) is 0 Å². The van der Waals surface area contributed by atoms with E-state index < -0.39 is 24.7 Å². The molecule has 6 nitrogen and oxygen atoms in total. The fraction of sp³-hybridized carbons (Fsp3) is 0.412. The molecular formula is C17H21ClF3N5O. The molecule has 1 aromatic heterocycles. The maximum absolute atomic E-state index is 13.4. The first-order valence-corrected chi connectivity index (χ1v) is 8.35. The Bertz CT molecular complexity index is 732. The number of nitrogens with zero attached hydrogens (tertiary/aromatic N) is 2. The van der Waals surface area contributed by atoms with E-state index in [2.05, 4.69) is 20.8 Å². The van der Waals surface area contributed by atoms with Gasteiger partial charge in [0, 0.05) is 38.3 Å². The Kier molecular flexibility index (Phi) is 7.23.